The summed E-state index contributed by atoms with van der Waals surface area (Å²) in [5.41, 5.74) is 1.68. The molecule has 6 heteroatoms. The highest BCUT2D eigenvalue weighted by atomic mass is 32.1. The lowest BCUT2D eigenvalue weighted by atomic mass is 9.98. The molecule has 1 N–H and O–H groups in total. The van der Waals surface area contributed by atoms with E-state index in [4.69, 9.17) is 4.52 Å². The van der Waals surface area contributed by atoms with Gasteiger partial charge in [0.2, 0.25) is 5.91 Å². The molecule has 2 aromatic heterocycles. The molecule has 0 aliphatic heterocycles. The molecule has 0 radical (unpaired) electrons. The van der Waals surface area contributed by atoms with Crippen LogP contribution < -0.4 is 5.32 Å². The fourth-order valence-electron chi connectivity index (χ4n) is 2.84. The molecule has 118 valence electrons. The first-order valence-corrected chi connectivity index (χ1v) is 8.44. The van der Waals surface area contributed by atoms with Gasteiger partial charge in [-0.25, -0.2) is 4.98 Å². The van der Waals surface area contributed by atoms with Gasteiger partial charge in [0.05, 0.1) is 17.7 Å². The van der Waals surface area contributed by atoms with Crippen LogP contribution in [0, 0.1) is 26.7 Å². The fourth-order valence-corrected chi connectivity index (χ4v) is 3.76. The van der Waals surface area contributed by atoms with E-state index in [2.05, 4.69) is 15.5 Å². The maximum atomic E-state index is 12.7. The topological polar surface area (TPSA) is 68.0 Å². The minimum Gasteiger partial charge on any atom is -0.361 e. The monoisotopic (exact) mass is 319 g/mol. The first-order chi connectivity index (χ1) is 10.5. The van der Waals surface area contributed by atoms with Gasteiger partial charge in [0.1, 0.15) is 10.8 Å². The van der Waals surface area contributed by atoms with Crippen LogP contribution in [0.3, 0.4) is 0 Å². The fraction of sp³-hybridized carbons (Fsp3) is 0.562. The Balaban J connectivity index is 1.77. The van der Waals surface area contributed by atoms with Crippen LogP contribution in [0.1, 0.15) is 58.6 Å². The predicted molar refractivity (Wildman–Crippen MR) is 84.9 cm³/mol. The number of carbonyl (C=O) groups excluding carboxylic acids is 1. The van der Waals surface area contributed by atoms with E-state index >= 15 is 0 Å². The molecule has 1 amide bonds. The quantitative estimate of drug-likeness (QED) is 0.917. The number of amides is 1. The molecule has 0 spiro atoms. The van der Waals surface area contributed by atoms with E-state index in [1.54, 1.807) is 11.3 Å². The van der Waals surface area contributed by atoms with Gasteiger partial charge in [0.15, 0.2) is 0 Å². The van der Waals surface area contributed by atoms with Gasteiger partial charge in [-0.15, -0.1) is 11.3 Å². The molecule has 2 atom stereocenters. The van der Waals surface area contributed by atoms with E-state index in [0.717, 1.165) is 29.1 Å². The lowest BCUT2D eigenvalue weighted by Crippen LogP contribution is -2.33. The van der Waals surface area contributed by atoms with Crippen LogP contribution in [0.15, 0.2) is 10.7 Å². The van der Waals surface area contributed by atoms with Crippen molar-refractivity contribution in [3.63, 3.8) is 0 Å². The van der Waals surface area contributed by atoms with Crippen molar-refractivity contribution < 1.29 is 9.32 Å². The Bertz CT molecular complexity index is 668. The van der Waals surface area contributed by atoms with Gasteiger partial charge in [0, 0.05) is 16.6 Å². The Morgan fingerprint density at radius 2 is 2.14 bits per heavy atom. The summed E-state index contributed by atoms with van der Waals surface area (Å²) in [4.78, 5) is 18.3. The van der Waals surface area contributed by atoms with E-state index in [1.165, 1.54) is 4.88 Å². The average molecular weight is 319 g/mol. The zero-order valence-electron chi connectivity index (χ0n) is 13.3. The van der Waals surface area contributed by atoms with Crippen molar-refractivity contribution in [1.29, 1.82) is 0 Å². The normalized spacial score (nSPS) is 17.3. The second kappa shape index (κ2) is 5.83. The molecule has 0 unspecified atom stereocenters. The summed E-state index contributed by atoms with van der Waals surface area (Å²) in [6.07, 6.45) is 4.19. The highest BCUT2D eigenvalue weighted by Crippen LogP contribution is 2.42. The summed E-state index contributed by atoms with van der Waals surface area (Å²) in [5, 5.41) is 8.15. The smallest absolute Gasteiger partial charge is 0.228 e. The van der Waals surface area contributed by atoms with Gasteiger partial charge in [0.25, 0.3) is 0 Å². The van der Waals surface area contributed by atoms with Crippen LogP contribution in [0.4, 0.5) is 0 Å². The maximum absolute atomic E-state index is 12.7. The van der Waals surface area contributed by atoms with Gasteiger partial charge in [-0.3, -0.25) is 4.79 Å². The van der Waals surface area contributed by atoms with Crippen LogP contribution in [0.5, 0.6) is 0 Å². The third-order valence-electron chi connectivity index (χ3n) is 4.21. The number of rotatable bonds is 5. The lowest BCUT2D eigenvalue weighted by molar-refractivity contribution is -0.123. The second-order valence-electron chi connectivity index (χ2n) is 6.09. The van der Waals surface area contributed by atoms with Crippen LogP contribution in [0.2, 0.25) is 0 Å². The third-order valence-corrected chi connectivity index (χ3v) is 5.21. The van der Waals surface area contributed by atoms with Crippen LogP contribution in [0.25, 0.3) is 0 Å². The van der Waals surface area contributed by atoms with E-state index in [-0.39, 0.29) is 17.9 Å². The molecule has 1 saturated carbocycles. The third kappa shape index (κ3) is 2.92. The summed E-state index contributed by atoms with van der Waals surface area (Å²) in [6, 6.07) is 0.0362. The van der Waals surface area contributed by atoms with E-state index in [9.17, 15) is 4.79 Å². The zero-order chi connectivity index (χ0) is 15.9. The minimum absolute atomic E-state index is 0.0131. The van der Waals surface area contributed by atoms with Gasteiger partial charge < -0.3 is 9.84 Å². The van der Waals surface area contributed by atoms with E-state index in [0.29, 0.717) is 11.7 Å². The number of carbonyl (C=O) groups is 1. The zero-order valence-corrected chi connectivity index (χ0v) is 14.2. The summed E-state index contributed by atoms with van der Waals surface area (Å²) < 4.78 is 5.18. The molecule has 0 saturated heterocycles. The number of aryl methyl sites for hydroxylation is 3. The molecule has 1 aliphatic carbocycles. The Morgan fingerprint density at radius 1 is 1.41 bits per heavy atom. The van der Waals surface area contributed by atoms with Gasteiger partial charge >= 0.3 is 0 Å². The standard InChI is InChI=1S/C16H21N3O2S/c1-8-7-17-16(22-8)14(12-5-6-12)18-15(20)9(2)13-10(3)19-21-11(13)4/h7,9,12,14H,5-6H2,1-4H3,(H,18,20)/t9-,14-/m1/s1. The largest absolute Gasteiger partial charge is 0.361 e. The molecule has 1 fully saturated rings. The van der Waals surface area contributed by atoms with Crippen LogP contribution >= 0.6 is 11.3 Å². The Labute approximate surface area is 134 Å². The van der Waals surface area contributed by atoms with Gasteiger partial charge in [-0.1, -0.05) is 5.16 Å². The summed E-state index contributed by atoms with van der Waals surface area (Å²) in [7, 11) is 0. The Morgan fingerprint density at radius 3 is 2.64 bits per heavy atom. The van der Waals surface area contributed by atoms with E-state index < -0.39 is 0 Å². The molecule has 0 aromatic carbocycles. The van der Waals surface area contributed by atoms with E-state index in [1.807, 2.05) is 33.9 Å². The minimum atomic E-state index is -0.270. The number of hydrogen-bond donors (Lipinski definition) is 1. The van der Waals surface area contributed by atoms with Crippen molar-refractivity contribution in [3.8, 4) is 0 Å². The molecule has 22 heavy (non-hydrogen) atoms. The Hall–Kier alpha value is -1.69. The lowest BCUT2D eigenvalue weighted by Gasteiger charge is -2.19. The average Bonchev–Trinajstić information content (AvgIpc) is 3.15. The summed E-state index contributed by atoms with van der Waals surface area (Å²) in [5.74, 6) is 0.979. The molecule has 5 nitrogen and oxygen atoms in total. The molecule has 2 heterocycles. The van der Waals surface area contributed by atoms with Crippen molar-refractivity contribution in [2.24, 2.45) is 5.92 Å². The highest BCUT2D eigenvalue weighted by molar-refractivity contribution is 7.11. The van der Waals surface area contributed by atoms with Crippen molar-refractivity contribution in [3.05, 3.63) is 33.1 Å². The van der Waals surface area contributed by atoms with Gasteiger partial charge in [-0.05, 0) is 46.5 Å². The maximum Gasteiger partial charge on any atom is 0.228 e. The van der Waals surface area contributed by atoms with Crippen LogP contribution in [-0.2, 0) is 4.79 Å². The van der Waals surface area contributed by atoms with Crippen molar-refractivity contribution in [2.75, 3.05) is 0 Å². The van der Waals surface area contributed by atoms with Crippen molar-refractivity contribution >= 4 is 17.2 Å². The summed E-state index contributed by atoms with van der Waals surface area (Å²) >= 11 is 1.66. The molecule has 0 bridgehead atoms. The number of hydrogen-bond acceptors (Lipinski definition) is 5. The Kier molecular flexibility index (Phi) is 4.04. The molecular weight excluding hydrogens is 298 g/mol. The molecular formula is C16H21N3O2S. The first kappa shape index (κ1) is 15.2. The molecule has 2 aromatic rings. The SMILES string of the molecule is Cc1cnc([C@H](NC(=O)[C@H](C)c2c(C)noc2C)C2CC2)s1. The highest BCUT2D eigenvalue weighted by Gasteiger charge is 2.36. The van der Waals surface area contributed by atoms with Crippen LogP contribution in [-0.4, -0.2) is 16.0 Å². The first-order valence-electron chi connectivity index (χ1n) is 7.63. The predicted octanol–water partition coefficient (Wildman–Crippen LogP) is 3.43. The number of nitrogens with one attached hydrogen (secondary N) is 1. The number of nitrogens with zero attached hydrogens (tertiary/aromatic N) is 2. The van der Waals surface area contributed by atoms with Gasteiger partial charge in [-0.2, -0.15) is 0 Å². The van der Waals surface area contributed by atoms with Crippen molar-refractivity contribution in [1.82, 2.24) is 15.5 Å². The molecule has 3 rings (SSSR count). The van der Waals surface area contributed by atoms with Crippen molar-refractivity contribution in [2.45, 2.75) is 52.5 Å². The number of aromatic nitrogens is 2. The summed E-state index contributed by atoms with van der Waals surface area (Å²) in [6.45, 7) is 7.66. The molecule has 1 aliphatic rings. The second-order valence-corrected chi connectivity index (χ2v) is 7.36. The number of thiazole rings is 1.